The molecule has 0 aromatic heterocycles. The third-order valence-electron chi connectivity index (χ3n) is 2.16. The van der Waals surface area contributed by atoms with Crippen LogP contribution in [0.25, 0.3) is 0 Å². The zero-order valence-corrected chi connectivity index (χ0v) is 8.55. The molecular weight excluding hydrogens is 150 g/mol. The largest absolute Gasteiger partial charge is 0.396 e. The van der Waals surface area contributed by atoms with E-state index in [0.717, 1.165) is 25.9 Å². The molecule has 1 N–H and O–H groups in total. The quantitative estimate of drug-likeness (QED) is 0.566. The Morgan fingerprint density at radius 2 is 1.67 bits per heavy atom. The molecule has 2 heteroatoms. The summed E-state index contributed by atoms with van der Waals surface area (Å²) in [5.74, 6) is 0. The standard InChI is InChI=1S/C10H23NO/c1-3-5-8-11(4-2)9-6-7-10-12/h12H,3-10H2,1-2H3. The highest BCUT2D eigenvalue weighted by Gasteiger charge is 1.99. The fourth-order valence-corrected chi connectivity index (χ4v) is 1.26. The minimum atomic E-state index is 0.339. The van der Waals surface area contributed by atoms with Gasteiger partial charge in [-0.1, -0.05) is 20.3 Å². The van der Waals surface area contributed by atoms with Crippen LogP contribution < -0.4 is 0 Å². The summed E-state index contributed by atoms with van der Waals surface area (Å²) >= 11 is 0. The van der Waals surface area contributed by atoms with Crippen molar-refractivity contribution in [2.45, 2.75) is 39.5 Å². The molecule has 0 aromatic carbocycles. The predicted octanol–water partition coefficient (Wildman–Crippen LogP) is 1.88. The smallest absolute Gasteiger partial charge is 0.0431 e. The monoisotopic (exact) mass is 173 g/mol. The van der Waals surface area contributed by atoms with Crippen molar-refractivity contribution in [3.8, 4) is 0 Å². The van der Waals surface area contributed by atoms with E-state index in [0.29, 0.717) is 6.61 Å². The van der Waals surface area contributed by atoms with E-state index in [1.54, 1.807) is 0 Å². The van der Waals surface area contributed by atoms with E-state index in [1.807, 2.05) is 0 Å². The topological polar surface area (TPSA) is 23.5 Å². The maximum Gasteiger partial charge on any atom is 0.0431 e. The normalized spacial score (nSPS) is 11.0. The van der Waals surface area contributed by atoms with Crippen LogP contribution in [0.3, 0.4) is 0 Å². The molecule has 0 aliphatic heterocycles. The molecule has 2 nitrogen and oxygen atoms in total. The molecule has 0 radical (unpaired) electrons. The summed E-state index contributed by atoms with van der Waals surface area (Å²) in [6.45, 7) is 8.28. The molecule has 0 aliphatic carbocycles. The summed E-state index contributed by atoms with van der Waals surface area (Å²) < 4.78 is 0. The van der Waals surface area contributed by atoms with Crippen LogP contribution in [-0.2, 0) is 0 Å². The molecule has 12 heavy (non-hydrogen) atoms. The van der Waals surface area contributed by atoms with Crippen LogP contribution >= 0.6 is 0 Å². The van der Waals surface area contributed by atoms with Crippen molar-refractivity contribution >= 4 is 0 Å². The zero-order valence-electron chi connectivity index (χ0n) is 8.55. The lowest BCUT2D eigenvalue weighted by Gasteiger charge is -2.19. The molecule has 0 heterocycles. The molecule has 0 bridgehead atoms. The maximum atomic E-state index is 8.61. The van der Waals surface area contributed by atoms with Crippen LogP contribution in [-0.4, -0.2) is 36.2 Å². The van der Waals surface area contributed by atoms with Crippen LogP contribution in [0.5, 0.6) is 0 Å². The first kappa shape index (κ1) is 11.9. The Hall–Kier alpha value is -0.0800. The van der Waals surface area contributed by atoms with Crippen molar-refractivity contribution < 1.29 is 5.11 Å². The van der Waals surface area contributed by atoms with Gasteiger partial charge in [0.1, 0.15) is 0 Å². The summed E-state index contributed by atoms with van der Waals surface area (Å²) in [7, 11) is 0. The Morgan fingerprint density at radius 3 is 2.17 bits per heavy atom. The minimum absolute atomic E-state index is 0.339. The summed E-state index contributed by atoms with van der Waals surface area (Å²) in [6.07, 6.45) is 4.65. The van der Waals surface area contributed by atoms with Crippen molar-refractivity contribution in [3.63, 3.8) is 0 Å². The zero-order chi connectivity index (χ0) is 9.23. The molecule has 0 amide bonds. The van der Waals surface area contributed by atoms with Crippen LogP contribution in [0.2, 0.25) is 0 Å². The number of hydrogen-bond donors (Lipinski definition) is 1. The number of aliphatic hydroxyl groups is 1. The third-order valence-corrected chi connectivity index (χ3v) is 2.16. The van der Waals surface area contributed by atoms with Gasteiger partial charge in [0.2, 0.25) is 0 Å². The van der Waals surface area contributed by atoms with Gasteiger partial charge in [-0.15, -0.1) is 0 Å². The van der Waals surface area contributed by atoms with Gasteiger partial charge in [-0.05, 0) is 38.9 Å². The van der Waals surface area contributed by atoms with Crippen molar-refractivity contribution in [3.05, 3.63) is 0 Å². The van der Waals surface area contributed by atoms with Crippen LogP contribution in [0.15, 0.2) is 0 Å². The molecule has 74 valence electrons. The van der Waals surface area contributed by atoms with E-state index < -0.39 is 0 Å². The van der Waals surface area contributed by atoms with Crippen LogP contribution in [0, 0.1) is 0 Å². The van der Waals surface area contributed by atoms with E-state index in [1.165, 1.54) is 19.4 Å². The summed E-state index contributed by atoms with van der Waals surface area (Å²) in [5, 5.41) is 8.61. The van der Waals surface area contributed by atoms with Crippen molar-refractivity contribution in [1.82, 2.24) is 4.90 Å². The fraction of sp³-hybridized carbons (Fsp3) is 1.00. The Balaban J connectivity index is 3.26. The first-order chi connectivity index (χ1) is 5.85. The van der Waals surface area contributed by atoms with E-state index in [2.05, 4.69) is 18.7 Å². The lowest BCUT2D eigenvalue weighted by atomic mass is 10.2. The number of unbranched alkanes of at least 4 members (excludes halogenated alkanes) is 2. The predicted molar refractivity (Wildman–Crippen MR) is 53.3 cm³/mol. The van der Waals surface area contributed by atoms with E-state index in [9.17, 15) is 0 Å². The number of hydrogen-bond acceptors (Lipinski definition) is 2. The Labute approximate surface area is 76.6 Å². The highest BCUT2D eigenvalue weighted by molar-refractivity contribution is 4.54. The Bertz CT molecular complexity index is 85.9. The van der Waals surface area contributed by atoms with Crippen molar-refractivity contribution in [2.75, 3.05) is 26.2 Å². The second-order valence-corrected chi connectivity index (χ2v) is 3.22. The van der Waals surface area contributed by atoms with Crippen LogP contribution in [0.1, 0.15) is 39.5 Å². The SMILES string of the molecule is CCCCN(CC)CCCCO. The minimum Gasteiger partial charge on any atom is -0.396 e. The third kappa shape index (κ3) is 6.62. The molecule has 0 saturated carbocycles. The van der Waals surface area contributed by atoms with Crippen molar-refractivity contribution in [2.24, 2.45) is 0 Å². The van der Waals surface area contributed by atoms with Crippen LogP contribution in [0.4, 0.5) is 0 Å². The summed E-state index contributed by atoms with van der Waals surface area (Å²) in [5.41, 5.74) is 0. The Morgan fingerprint density at radius 1 is 1.00 bits per heavy atom. The number of rotatable bonds is 8. The molecule has 0 spiro atoms. The first-order valence-corrected chi connectivity index (χ1v) is 5.18. The molecule has 0 saturated heterocycles. The first-order valence-electron chi connectivity index (χ1n) is 5.18. The molecular formula is C10H23NO. The summed E-state index contributed by atoms with van der Waals surface area (Å²) in [4.78, 5) is 2.46. The van der Waals surface area contributed by atoms with Gasteiger partial charge in [-0.3, -0.25) is 0 Å². The van der Waals surface area contributed by atoms with Gasteiger partial charge < -0.3 is 10.0 Å². The molecule has 0 unspecified atom stereocenters. The molecule has 0 aliphatic rings. The lowest BCUT2D eigenvalue weighted by molar-refractivity contribution is 0.246. The number of nitrogens with zero attached hydrogens (tertiary/aromatic N) is 1. The Kier molecular flexibility index (Phi) is 8.95. The van der Waals surface area contributed by atoms with Gasteiger partial charge in [0, 0.05) is 6.61 Å². The highest BCUT2D eigenvalue weighted by Crippen LogP contribution is 1.97. The lowest BCUT2D eigenvalue weighted by Crippen LogP contribution is -2.25. The summed E-state index contributed by atoms with van der Waals surface area (Å²) in [6, 6.07) is 0. The van der Waals surface area contributed by atoms with Gasteiger partial charge in [-0.2, -0.15) is 0 Å². The van der Waals surface area contributed by atoms with E-state index in [4.69, 9.17) is 5.11 Å². The fourth-order valence-electron chi connectivity index (χ4n) is 1.26. The van der Waals surface area contributed by atoms with Gasteiger partial charge in [0.15, 0.2) is 0 Å². The second-order valence-electron chi connectivity index (χ2n) is 3.22. The van der Waals surface area contributed by atoms with Crippen molar-refractivity contribution in [1.29, 1.82) is 0 Å². The second kappa shape index (κ2) is 9.01. The molecule has 0 fully saturated rings. The molecule has 0 aromatic rings. The van der Waals surface area contributed by atoms with E-state index in [-0.39, 0.29) is 0 Å². The van der Waals surface area contributed by atoms with Gasteiger partial charge >= 0.3 is 0 Å². The van der Waals surface area contributed by atoms with Gasteiger partial charge in [0.05, 0.1) is 0 Å². The molecule has 0 rings (SSSR count). The average Bonchev–Trinajstić information content (AvgIpc) is 2.11. The van der Waals surface area contributed by atoms with Gasteiger partial charge in [-0.25, -0.2) is 0 Å². The number of aliphatic hydroxyl groups excluding tert-OH is 1. The molecule has 0 atom stereocenters. The average molecular weight is 173 g/mol. The maximum absolute atomic E-state index is 8.61. The van der Waals surface area contributed by atoms with E-state index >= 15 is 0 Å². The highest BCUT2D eigenvalue weighted by atomic mass is 16.2. The van der Waals surface area contributed by atoms with Gasteiger partial charge in [0.25, 0.3) is 0 Å².